The molecule has 4 N–H and O–H groups in total. The number of benzene rings is 1. The molecule has 0 amide bonds. The van der Waals surface area contributed by atoms with Gasteiger partial charge in [0.25, 0.3) is 0 Å². The summed E-state index contributed by atoms with van der Waals surface area (Å²) in [7, 11) is 1.00. The van der Waals surface area contributed by atoms with Gasteiger partial charge in [-0.25, -0.2) is 0 Å². The van der Waals surface area contributed by atoms with Crippen LogP contribution in [0.25, 0.3) is 0 Å². The van der Waals surface area contributed by atoms with Crippen LogP contribution in [0.4, 0.5) is 0 Å². The molecule has 0 aliphatic rings. The molecule has 6 heteroatoms. The number of nitrogens with zero attached hydrogens (tertiary/aromatic N) is 2. The zero-order chi connectivity index (χ0) is 22.4. The zero-order valence-corrected chi connectivity index (χ0v) is 17.8. The molecule has 0 aliphatic heterocycles. The van der Waals surface area contributed by atoms with Gasteiger partial charge in [-0.05, 0) is 51.0 Å². The third-order valence-corrected chi connectivity index (χ3v) is 3.99. The number of rotatable bonds is 6. The first kappa shape index (κ1) is 24.8. The Bertz CT molecular complexity index is 927. The molecular formula is C24H30N4O2. The normalized spacial score (nSPS) is 9.50. The summed E-state index contributed by atoms with van der Waals surface area (Å²) in [5.74, 6) is 0. The fraction of sp³-hybridized carbons (Fsp3) is 0.250. The summed E-state index contributed by atoms with van der Waals surface area (Å²) in [6.45, 7) is 3.84. The quantitative estimate of drug-likeness (QED) is 0.466. The smallest absolute Gasteiger partial charge is 0.0888 e. The van der Waals surface area contributed by atoms with E-state index in [-0.39, 0.29) is 6.61 Å². The second-order valence-corrected chi connectivity index (χ2v) is 6.37. The highest BCUT2D eigenvalue weighted by Gasteiger charge is 2.04. The van der Waals surface area contributed by atoms with Crippen LogP contribution >= 0.6 is 0 Å². The van der Waals surface area contributed by atoms with E-state index in [4.69, 9.17) is 21.0 Å². The molecule has 0 saturated heterocycles. The molecule has 2 aromatic heterocycles. The van der Waals surface area contributed by atoms with Crippen LogP contribution in [0, 0.1) is 17.7 Å². The maximum Gasteiger partial charge on any atom is 0.0888 e. The zero-order valence-electron chi connectivity index (χ0n) is 17.8. The van der Waals surface area contributed by atoms with Crippen LogP contribution in [0.15, 0.2) is 66.7 Å². The van der Waals surface area contributed by atoms with Crippen molar-refractivity contribution >= 4 is 11.4 Å². The van der Waals surface area contributed by atoms with Crippen LogP contribution in [0.1, 0.15) is 41.7 Å². The van der Waals surface area contributed by atoms with Crippen LogP contribution in [-0.4, -0.2) is 45.3 Å². The van der Waals surface area contributed by atoms with Crippen molar-refractivity contribution in [2.75, 3.05) is 13.7 Å². The van der Waals surface area contributed by atoms with Gasteiger partial charge in [0, 0.05) is 30.7 Å². The van der Waals surface area contributed by atoms with Crippen molar-refractivity contribution in [3.63, 3.8) is 0 Å². The fourth-order valence-corrected chi connectivity index (χ4v) is 2.52. The number of aliphatic hydroxyl groups excluding tert-OH is 2. The molecule has 158 valence electrons. The largest absolute Gasteiger partial charge is 0.400 e. The number of aliphatic hydroxyl groups is 2. The Balaban J connectivity index is 0.000000280. The van der Waals surface area contributed by atoms with Gasteiger partial charge < -0.3 is 15.6 Å². The molecule has 0 aliphatic carbocycles. The molecule has 0 saturated carbocycles. The van der Waals surface area contributed by atoms with E-state index in [1.54, 1.807) is 6.92 Å². The van der Waals surface area contributed by atoms with Gasteiger partial charge in [-0.2, -0.15) is 0 Å². The first-order valence-corrected chi connectivity index (χ1v) is 9.66. The average molecular weight is 407 g/mol. The molecule has 6 nitrogen and oxygen atoms in total. The van der Waals surface area contributed by atoms with Crippen LogP contribution < -0.4 is 0 Å². The van der Waals surface area contributed by atoms with Gasteiger partial charge in [0.1, 0.15) is 0 Å². The number of nitrogens with one attached hydrogen (secondary N) is 2. The standard InChI is InChI=1S/C13H12N2.C10H14N2O.CH4O/c1-10-6-5-9-12(15-10)13(14)11-7-3-2-4-8-11;1-8(11)10-6-2-4-9(12-10)5-3-7-13;1-2/h2-9,14H,1H3;2,4,6,11,13H,3,5,7H2,1H3;2H,1H3. The summed E-state index contributed by atoms with van der Waals surface area (Å²) in [4.78, 5) is 8.60. The summed E-state index contributed by atoms with van der Waals surface area (Å²) in [5, 5.41) is 31.0. The van der Waals surface area contributed by atoms with Crippen LogP contribution in [-0.2, 0) is 6.42 Å². The Morgan fingerprint density at radius 3 is 2.07 bits per heavy atom. The van der Waals surface area contributed by atoms with Gasteiger partial charge in [0.15, 0.2) is 0 Å². The van der Waals surface area contributed by atoms with Crippen LogP contribution in [0.2, 0.25) is 0 Å². The number of aryl methyl sites for hydroxylation is 2. The number of aromatic nitrogens is 2. The Hall–Kier alpha value is -3.22. The summed E-state index contributed by atoms with van der Waals surface area (Å²) in [5.41, 5.74) is 5.17. The first-order valence-electron chi connectivity index (χ1n) is 9.66. The molecule has 1 aromatic carbocycles. The lowest BCUT2D eigenvalue weighted by molar-refractivity contribution is 0.288. The van der Waals surface area contributed by atoms with E-state index in [0.29, 0.717) is 11.4 Å². The van der Waals surface area contributed by atoms with E-state index in [2.05, 4.69) is 9.97 Å². The Morgan fingerprint density at radius 1 is 0.833 bits per heavy atom. The lowest BCUT2D eigenvalue weighted by atomic mass is 10.1. The minimum atomic E-state index is 0.190. The Labute approximate surface area is 178 Å². The molecule has 0 spiro atoms. The maximum atomic E-state index is 8.64. The summed E-state index contributed by atoms with van der Waals surface area (Å²) in [6, 6.07) is 21.0. The predicted molar refractivity (Wildman–Crippen MR) is 122 cm³/mol. The Morgan fingerprint density at radius 2 is 1.47 bits per heavy atom. The van der Waals surface area contributed by atoms with Crippen molar-refractivity contribution in [2.24, 2.45) is 0 Å². The van der Waals surface area contributed by atoms with E-state index in [1.807, 2.05) is 73.7 Å². The molecule has 0 radical (unpaired) electrons. The van der Waals surface area contributed by atoms with Crippen molar-refractivity contribution in [1.29, 1.82) is 10.8 Å². The van der Waals surface area contributed by atoms with Crippen LogP contribution in [0.3, 0.4) is 0 Å². The molecule has 0 bridgehead atoms. The number of pyridine rings is 2. The summed E-state index contributed by atoms with van der Waals surface area (Å²) < 4.78 is 0. The summed E-state index contributed by atoms with van der Waals surface area (Å²) >= 11 is 0. The molecular weight excluding hydrogens is 376 g/mol. The van der Waals surface area contributed by atoms with Gasteiger partial charge in [0.2, 0.25) is 0 Å². The second kappa shape index (κ2) is 13.9. The van der Waals surface area contributed by atoms with Gasteiger partial charge in [-0.3, -0.25) is 15.4 Å². The highest BCUT2D eigenvalue weighted by Crippen LogP contribution is 2.07. The van der Waals surface area contributed by atoms with Crippen molar-refractivity contribution in [3.05, 3.63) is 95.1 Å². The van der Waals surface area contributed by atoms with E-state index in [9.17, 15) is 0 Å². The molecule has 3 rings (SSSR count). The van der Waals surface area contributed by atoms with Gasteiger partial charge in [-0.15, -0.1) is 0 Å². The van der Waals surface area contributed by atoms with Crippen molar-refractivity contribution in [1.82, 2.24) is 9.97 Å². The molecule has 0 fully saturated rings. The average Bonchev–Trinajstić information content (AvgIpc) is 2.79. The van der Waals surface area contributed by atoms with E-state index >= 15 is 0 Å². The molecule has 3 aromatic rings. The molecule has 30 heavy (non-hydrogen) atoms. The second-order valence-electron chi connectivity index (χ2n) is 6.37. The highest BCUT2D eigenvalue weighted by molar-refractivity contribution is 6.09. The highest BCUT2D eigenvalue weighted by atomic mass is 16.3. The maximum absolute atomic E-state index is 8.64. The van der Waals surface area contributed by atoms with Crippen LogP contribution in [0.5, 0.6) is 0 Å². The van der Waals surface area contributed by atoms with E-state index < -0.39 is 0 Å². The lowest BCUT2D eigenvalue weighted by Crippen LogP contribution is -2.04. The molecule has 0 atom stereocenters. The lowest BCUT2D eigenvalue weighted by Gasteiger charge is -2.03. The molecule has 2 heterocycles. The topological polar surface area (TPSA) is 114 Å². The predicted octanol–water partition coefficient (Wildman–Crippen LogP) is 3.81. The SMILES string of the molecule is CC(=N)c1cccc(CCCO)n1.CO.Cc1cccc(C(=N)c2ccccc2)n1. The number of hydrogen-bond donors (Lipinski definition) is 4. The van der Waals surface area contributed by atoms with Crippen molar-refractivity contribution in [2.45, 2.75) is 26.7 Å². The third-order valence-electron chi connectivity index (χ3n) is 3.99. The monoisotopic (exact) mass is 406 g/mol. The van der Waals surface area contributed by atoms with Crippen molar-refractivity contribution < 1.29 is 10.2 Å². The van der Waals surface area contributed by atoms with Crippen molar-refractivity contribution in [3.8, 4) is 0 Å². The minimum absolute atomic E-state index is 0.190. The van der Waals surface area contributed by atoms with Gasteiger partial charge in [0.05, 0.1) is 22.8 Å². The Kier molecular flexibility index (Phi) is 11.5. The first-order chi connectivity index (χ1) is 14.5. The van der Waals surface area contributed by atoms with Gasteiger partial charge >= 0.3 is 0 Å². The van der Waals surface area contributed by atoms with E-state index in [1.165, 1.54) is 0 Å². The van der Waals surface area contributed by atoms with Gasteiger partial charge in [-0.1, -0.05) is 42.5 Å². The minimum Gasteiger partial charge on any atom is -0.400 e. The fourth-order valence-electron chi connectivity index (χ4n) is 2.52. The third kappa shape index (κ3) is 8.43. The summed E-state index contributed by atoms with van der Waals surface area (Å²) in [6.07, 6.45) is 1.51. The molecule has 0 unspecified atom stereocenters. The number of hydrogen-bond acceptors (Lipinski definition) is 6. The van der Waals surface area contributed by atoms with E-state index in [0.717, 1.165) is 48.3 Å².